The Morgan fingerprint density at radius 1 is 1.24 bits per heavy atom. The van der Waals surface area contributed by atoms with Crippen LogP contribution in [0.4, 0.5) is 9.52 Å². The number of piperazine rings is 1. The van der Waals surface area contributed by atoms with Gasteiger partial charge in [-0.2, -0.15) is 0 Å². The van der Waals surface area contributed by atoms with Gasteiger partial charge in [0.1, 0.15) is 0 Å². The summed E-state index contributed by atoms with van der Waals surface area (Å²) in [7, 11) is 0. The molecular formula is C18H25FN4OS. The summed E-state index contributed by atoms with van der Waals surface area (Å²) in [5, 5.41) is 4.62. The van der Waals surface area contributed by atoms with Crippen molar-refractivity contribution in [3.8, 4) is 0 Å². The summed E-state index contributed by atoms with van der Waals surface area (Å²) in [6.45, 7) is 3.22. The first-order valence-electron chi connectivity index (χ1n) is 9.60. The van der Waals surface area contributed by atoms with Gasteiger partial charge in [0.2, 0.25) is 0 Å². The van der Waals surface area contributed by atoms with E-state index in [0.29, 0.717) is 38.0 Å². The highest BCUT2D eigenvalue weighted by Crippen LogP contribution is 2.40. The second-order valence-electron chi connectivity index (χ2n) is 7.97. The molecule has 3 fully saturated rings. The van der Waals surface area contributed by atoms with Crippen LogP contribution in [0.5, 0.6) is 0 Å². The number of carbonyl (C=O) groups excluding carboxylic acids is 1. The van der Waals surface area contributed by atoms with Crippen molar-refractivity contribution in [1.82, 2.24) is 15.2 Å². The van der Waals surface area contributed by atoms with Crippen LogP contribution in [0.15, 0.2) is 0 Å². The van der Waals surface area contributed by atoms with Crippen LogP contribution < -0.4 is 10.2 Å². The Morgan fingerprint density at radius 2 is 1.96 bits per heavy atom. The zero-order valence-corrected chi connectivity index (χ0v) is 15.3. The lowest BCUT2D eigenvalue weighted by Crippen LogP contribution is -2.51. The minimum Gasteiger partial charge on any atom is -0.340 e. The van der Waals surface area contributed by atoms with Gasteiger partial charge in [-0.15, -0.1) is 0 Å². The highest BCUT2D eigenvalue weighted by molar-refractivity contribution is 7.15. The molecule has 2 unspecified atom stereocenters. The molecule has 3 aliphatic heterocycles. The molecule has 0 aromatic carbocycles. The number of rotatable bonds is 2. The highest BCUT2D eigenvalue weighted by atomic mass is 32.1. The van der Waals surface area contributed by atoms with Crippen molar-refractivity contribution in [3.63, 3.8) is 0 Å². The smallest absolute Gasteiger partial charge is 0.260 e. The number of aromatic nitrogens is 1. The van der Waals surface area contributed by atoms with E-state index in [-0.39, 0.29) is 5.91 Å². The SMILES string of the molecule is O=C(N1CCc2nc(N3C4CCC3CNC4)sc2C1)C1(F)CCCC1. The number of halogens is 1. The van der Waals surface area contributed by atoms with Gasteiger partial charge in [-0.25, -0.2) is 9.37 Å². The molecule has 136 valence electrons. The third-order valence-electron chi connectivity index (χ3n) is 6.39. The maximum atomic E-state index is 14.9. The van der Waals surface area contributed by atoms with E-state index < -0.39 is 5.67 Å². The first-order valence-corrected chi connectivity index (χ1v) is 10.4. The van der Waals surface area contributed by atoms with E-state index in [4.69, 9.17) is 4.98 Å². The normalized spacial score (nSPS) is 30.6. The van der Waals surface area contributed by atoms with Crippen LogP contribution in [0.1, 0.15) is 49.1 Å². The fourth-order valence-electron chi connectivity index (χ4n) is 4.99. The van der Waals surface area contributed by atoms with Crippen LogP contribution in [0, 0.1) is 0 Å². The van der Waals surface area contributed by atoms with Gasteiger partial charge in [0, 0.05) is 43.0 Å². The summed E-state index contributed by atoms with van der Waals surface area (Å²) in [5.41, 5.74) is -0.482. The van der Waals surface area contributed by atoms with E-state index in [9.17, 15) is 9.18 Å². The Hall–Kier alpha value is -1.21. The second kappa shape index (κ2) is 5.91. The Balaban J connectivity index is 1.35. The summed E-state index contributed by atoms with van der Waals surface area (Å²) in [6, 6.07) is 1.10. The predicted octanol–water partition coefficient (Wildman–Crippen LogP) is 2.25. The summed E-state index contributed by atoms with van der Waals surface area (Å²) in [4.78, 5) is 23.0. The monoisotopic (exact) mass is 364 g/mol. The molecule has 0 radical (unpaired) electrons. The van der Waals surface area contributed by atoms with Crippen molar-refractivity contribution < 1.29 is 9.18 Å². The number of hydrogen-bond donors (Lipinski definition) is 1. The van der Waals surface area contributed by atoms with Crippen LogP contribution in [-0.4, -0.2) is 53.2 Å². The van der Waals surface area contributed by atoms with Gasteiger partial charge >= 0.3 is 0 Å². The molecule has 0 spiro atoms. The summed E-state index contributed by atoms with van der Waals surface area (Å²) < 4.78 is 14.9. The summed E-state index contributed by atoms with van der Waals surface area (Å²) in [5.74, 6) is -0.284. The summed E-state index contributed by atoms with van der Waals surface area (Å²) >= 11 is 1.72. The number of thiazole rings is 1. The minimum atomic E-state index is -1.61. The molecule has 5 nitrogen and oxygen atoms in total. The van der Waals surface area contributed by atoms with Crippen molar-refractivity contribution in [1.29, 1.82) is 0 Å². The molecule has 1 aromatic rings. The highest BCUT2D eigenvalue weighted by Gasteiger charge is 2.45. The van der Waals surface area contributed by atoms with E-state index >= 15 is 0 Å². The maximum absolute atomic E-state index is 14.9. The molecule has 7 heteroatoms. The van der Waals surface area contributed by atoms with E-state index in [1.165, 1.54) is 12.8 Å². The molecule has 5 rings (SSSR count). The number of nitrogens with zero attached hydrogens (tertiary/aromatic N) is 3. The molecule has 2 atom stereocenters. The molecule has 4 aliphatic rings. The Bertz CT molecular complexity index is 671. The Morgan fingerprint density at radius 3 is 2.68 bits per heavy atom. The Kier molecular flexibility index (Phi) is 3.78. The number of hydrogen-bond acceptors (Lipinski definition) is 5. The summed E-state index contributed by atoms with van der Waals surface area (Å²) in [6.07, 6.45) is 5.68. The van der Waals surface area contributed by atoms with E-state index in [1.54, 1.807) is 16.2 Å². The average molecular weight is 364 g/mol. The van der Waals surface area contributed by atoms with Gasteiger partial charge in [-0.3, -0.25) is 4.79 Å². The molecule has 25 heavy (non-hydrogen) atoms. The second-order valence-corrected chi connectivity index (χ2v) is 9.03. The first kappa shape index (κ1) is 16.0. The van der Waals surface area contributed by atoms with Crippen molar-refractivity contribution >= 4 is 22.4 Å². The quantitative estimate of drug-likeness (QED) is 0.874. The third kappa shape index (κ3) is 2.58. The van der Waals surface area contributed by atoms with Gasteiger partial charge in [0.15, 0.2) is 10.8 Å². The lowest BCUT2D eigenvalue weighted by Gasteiger charge is -2.35. The number of fused-ring (bicyclic) bond motifs is 3. The van der Waals surface area contributed by atoms with Gasteiger partial charge in [0.25, 0.3) is 5.91 Å². The lowest BCUT2D eigenvalue weighted by molar-refractivity contribution is -0.144. The number of carbonyl (C=O) groups is 1. The average Bonchev–Trinajstić information content (AvgIpc) is 3.30. The van der Waals surface area contributed by atoms with Crippen LogP contribution in [0.3, 0.4) is 0 Å². The number of nitrogens with one attached hydrogen (secondary N) is 1. The van der Waals surface area contributed by atoms with Crippen LogP contribution in [-0.2, 0) is 17.8 Å². The predicted molar refractivity (Wildman–Crippen MR) is 95.7 cm³/mol. The molecule has 2 bridgehead atoms. The molecule has 1 aliphatic carbocycles. The van der Waals surface area contributed by atoms with Crippen molar-refractivity contribution in [2.24, 2.45) is 0 Å². The maximum Gasteiger partial charge on any atom is 0.260 e. The van der Waals surface area contributed by atoms with Crippen molar-refractivity contribution in [2.75, 3.05) is 24.5 Å². The van der Waals surface area contributed by atoms with Crippen molar-refractivity contribution in [3.05, 3.63) is 10.6 Å². The lowest BCUT2D eigenvalue weighted by atomic mass is 10.0. The van der Waals surface area contributed by atoms with Gasteiger partial charge < -0.3 is 15.1 Å². The Labute approximate surface area is 151 Å². The third-order valence-corrected chi connectivity index (χ3v) is 7.48. The van der Waals surface area contributed by atoms with E-state index in [1.807, 2.05) is 0 Å². The molecule has 4 heterocycles. The fourth-order valence-corrected chi connectivity index (χ4v) is 6.25. The first-order chi connectivity index (χ1) is 12.1. The van der Waals surface area contributed by atoms with Crippen LogP contribution in [0.2, 0.25) is 0 Å². The fraction of sp³-hybridized carbons (Fsp3) is 0.778. The minimum absolute atomic E-state index is 0.284. The van der Waals surface area contributed by atoms with Crippen molar-refractivity contribution in [2.45, 2.75) is 69.2 Å². The number of alkyl halides is 1. The van der Waals surface area contributed by atoms with Gasteiger partial charge in [-0.05, 0) is 38.5 Å². The molecule has 1 amide bonds. The number of anilines is 1. The number of amides is 1. The largest absolute Gasteiger partial charge is 0.340 e. The van der Waals surface area contributed by atoms with E-state index in [2.05, 4.69) is 10.2 Å². The standard InChI is InChI=1S/C18H25FN4OS/c19-18(6-1-2-7-18)16(24)22-8-5-14-15(11-22)25-17(21-14)23-12-3-4-13(23)10-20-9-12/h12-13,20H,1-11H2. The molecule has 1 N–H and O–H groups in total. The van der Waals surface area contributed by atoms with E-state index in [0.717, 1.165) is 48.1 Å². The van der Waals surface area contributed by atoms with Crippen LogP contribution >= 0.6 is 11.3 Å². The zero-order valence-electron chi connectivity index (χ0n) is 14.5. The molecular weight excluding hydrogens is 339 g/mol. The topological polar surface area (TPSA) is 48.5 Å². The molecule has 2 saturated heterocycles. The van der Waals surface area contributed by atoms with Gasteiger partial charge in [-0.1, -0.05) is 11.3 Å². The zero-order chi connectivity index (χ0) is 17.0. The van der Waals surface area contributed by atoms with Gasteiger partial charge in [0.05, 0.1) is 12.2 Å². The van der Waals surface area contributed by atoms with Crippen LogP contribution in [0.25, 0.3) is 0 Å². The molecule has 1 aromatic heterocycles. The molecule has 1 saturated carbocycles.